The Morgan fingerprint density at radius 1 is 1.33 bits per heavy atom. The Hall–Kier alpha value is -2.66. The standard InChI is InChI=1S/C16H10F3N3O3S2/c17-16(18,19)10-3-1-8(2-4-10)13-9(6-20-21-13)5-11-14(25)22(7-12(23)24)15(26)27-11/h1-6H,7H2,(H,20,21)(H,23,24)/b11-5+. The first kappa shape index (κ1) is 19.1. The van der Waals surface area contributed by atoms with Crippen LogP contribution in [-0.4, -0.2) is 42.9 Å². The molecule has 1 aliphatic heterocycles. The summed E-state index contributed by atoms with van der Waals surface area (Å²) < 4.78 is 38.2. The number of amides is 1. The fraction of sp³-hybridized carbons (Fsp3) is 0.125. The highest BCUT2D eigenvalue weighted by atomic mass is 32.2. The predicted molar refractivity (Wildman–Crippen MR) is 96.5 cm³/mol. The predicted octanol–water partition coefficient (Wildman–Crippen LogP) is 3.38. The zero-order chi connectivity index (χ0) is 19.8. The topological polar surface area (TPSA) is 86.3 Å². The largest absolute Gasteiger partial charge is 0.480 e. The molecule has 1 aromatic heterocycles. The summed E-state index contributed by atoms with van der Waals surface area (Å²) in [5, 5.41) is 15.5. The van der Waals surface area contributed by atoms with Crippen LogP contribution < -0.4 is 0 Å². The molecule has 11 heteroatoms. The van der Waals surface area contributed by atoms with E-state index >= 15 is 0 Å². The lowest BCUT2D eigenvalue weighted by Gasteiger charge is -2.10. The van der Waals surface area contributed by atoms with Crippen molar-refractivity contribution >= 4 is 46.3 Å². The van der Waals surface area contributed by atoms with E-state index in [0.29, 0.717) is 16.8 Å². The van der Waals surface area contributed by atoms with Gasteiger partial charge in [0, 0.05) is 17.3 Å². The Kier molecular flexibility index (Phi) is 5.07. The number of thioether (sulfide) groups is 1. The van der Waals surface area contributed by atoms with E-state index in [9.17, 15) is 22.8 Å². The fourth-order valence-corrected chi connectivity index (χ4v) is 3.62. The van der Waals surface area contributed by atoms with Gasteiger partial charge < -0.3 is 5.11 Å². The van der Waals surface area contributed by atoms with Gasteiger partial charge in [-0.3, -0.25) is 19.6 Å². The lowest BCUT2D eigenvalue weighted by molar-refractivity contribution is -0.140. The van der Waals surface area contributed by atoms with Crippen LogP contribution in [0, 0.1) is 0 Å². The molecular formula is C16H10F3N3O3S2. The normalized spacial score (nSPS) is 16.4. The van der Waals surface area contributed by atoms with Gasteiger partial charge in [0.2, 0.25) is 0 Å². The summed E-state index contributed by atoms with van der Waals surface area (Å²) in [4.78, 5) is 24.3. The number of aromatic nitrogens is 2. The second-order valence-electron chi connectivity index (χ2n) is 5.43. The number of carbonyl (C=O) groups excluding carboxylic acids is 1. The number of halogens is 3. The third kappa shape index (κ3) is 4.03. The lowest BCUT2D eigenvalue weighted by atomic mass is 10.1. The summed E-state index contributed by atoms with van der Waals surface area (Å²) in [6.45, 7) is -0.543. The van der Waals surface area contributed by atoms with Crippen LogP contribution >= 0.6 is 24.0 Å². The number of aliphatic carboxylic acids is 1. The van der Waals surface area contributed by atoms with Crippen LogP contribution in [-0.2, 0) is 15.8 Å². The van der Waals surface area contributed by atoms with E-state index in [0.717, 1.165) is 28.8 Å². The summed E-state index contributed by atoms with van der Waals surface area (Å²) in [5.41, 5.74) is 0.465. The van der Waals surface area contributed by atoms with Gasteiger partial charge >= 0.3 is 12.1 Å². The van der Waals surface area contributed by atoms with Crippen molar-refractivity contribution in [2.45, 2.75) is 6.18 Å². The van der Waals surface area contributed by atoms with Crippen molar-refractivity contribution < 1.29 is 27.9 Å². The van der Waals surface area contributed by atoms with Crippen molar-refractivity contribution in [2.75, 3.05) is 6.54 Å². The second-order valence-corrected chi connectivity index (χ2v) is 7.10. The van der Waals surface area contributed by atoms with E-state index in [1.54, 1.807) is 0 Å². The summed E-state index contributed by atoms with van der Waals surface area (Å²) in [6, 6.07) is 4.46. The molecule has 2 heterocycles. The average Bonchev–Trinajstić information content (AvgIpc) is 3.14. The minimum atomic E-state index is -4.44. The Balaban J connectivity index is 1.90. The minimum absolute atomic E-state index is 0.119. The summed E-state index contributed by atoms with van der Waals surface area (Å²) in [7, 11) is 0. The van der Waals surface area contributed by atoms with E-state index in [-0.39, 0.29) is 9.23 Å². The van der Waals surface area contributed by atoms with E-state index in [4.69, 9.17) is 17.3 Å². The van der Waals surface area contributed by atoms with Crippen LogP contribution in [0.4, 0.5) is 13.2 Å². The highest BCUT2D eigenvalue weighted by Crippen LogP contribution is 2.35. The van der Waals surface area contributed by atoms with Crippen molar-refractivity contribution in [3.05, 3.63) is 46.5 Å². The number of hydrogen-bond donors (Lipinski definition) is 2. The number of nitrogens with zero attached hydrogens (tertiary/aromatic N) is 2. The lowest BCUT2D eigenvalue weighted by Crippen LogP contribution is -2.33. The molecular weight excluding hydrogens is 403 g/mol. The van der Waals surface area contributed by atoms with Crippen LogP contribution in [0.5, 0.6) is 0 Å². The zero-order valence-corrected chi connectivity index (χ0v) is 14.9. The van der Waals surface area contributed by atoms with E-state index in [1.165, 1.54) is 24.4 Å². The number of carbonyl (C=O) groups is 2. The number of carboxylic acid groups (broad SMARTS) is 1. The van der Waals surface area contributed by atoms with Crippen LogP contribution in [0.1, 0.15) is 11.1 Å². The van der Waals surface area contributed by atoms with Gasteiger partial charge in [0.15, 0.2) is 0 Å². The van der Waals surface area contributed by atoms with Gasteiger partial charge in [-0.05, 0) is 18.2 Å². The van der Waals surface area contributed by atoms with Crippen molar-refractivity contribution in [1.82, 2.24) is 15.1 Å². The molecule has 1 aliphatic rings. The first-order valence-electron chi connectivity index (χ1n) is 7.35. The van der Waals surface area contributed by atoms with Gasteiger partial charge in [0.1, 0.15) is 10.9 Å². The molecule has 1 saturated heterocycles. The molecule has 1 aromatic carbocycles. The Bertz CT molecular complexity index is 952. The molecule has 0 radical (unpaired) electrons. The second kappa shape index (κ2) is 7.16. The van der Waals surface area contributed by atoms with Gasteiger partial charge in [0.05, 0.1) is 16.2 Å². The molecule has 2 N–H and O–H groups in total. The zero-order valence-electron chi connectivity index (χ0n) is 13.3. The maximum atomic E-state index is 12.7. The molecule has 2 aromatic rings. The number of aromatic amines is 1. The summed E-state index contributed by atoms with van der Waals surface area (Å²) in [6.07, 6.45) is -1.49. The third-order valence-corrected chi connectivity index (χ3v) is 4.99. The average molecular weight is 413 g/mol. The summed E-state index contributed by atoms with van der Waals surface area (Å²) in [5.74, 6) is -1.74. The number of nitrogens with one attached hydrogen (secondary N) is 1. The molecule has 0 spiro atoms. The highest BCUT2D eigenvalue weighted by Gasteiger charge is 2.34. The molecule has 0 unspecified atom stereocenters. The minimum Gasteiger partial charge on any atom is -0.480 e. The fourth-order valence-electron chi connectivity index (χ4n) is 2.37. The number of alkyl halides is 3. The van der Waals surface area contributed by atoms with Crippen LogP contribution in [0.2, 0.25) is 0 Å². The maximum absolute atomic E-state index is 12.7. The highest BCUT2D eigenvalue weighted by molar-refractivity contribution is 8.26. The van der Waals surface area contributed by atoms with Crippen LogP contribution in [0.15, 0.2) is 35.4 Å². The Morgan fingerprint density at radius 3 is 2.59 bits per heavy atom. The first-order chi connectivity index (χ1) is 12.7. The molecule has 0 bridgehead atoms. The Morgan fingerprint density at radius 2 is 2.00 bits per heavy atom. The number of carboxylic acids is 1. The van der Waals surface area contributed by atoms with Crippen molar-refractivity contribution in [3.8, 4) is 11.3 Å². The maximum Gasteiger partial charge on any atom is 0.416 e. The van der Waals surface area contributed by atoms with E-state index in [2.05, 4.69) is 10.2 Å². The molecule has 0 saturated carbocycles. The number of H-pyrrole nitrogens is 1. The molecule has 0 atom stereocenters. The molecule has 1 fully saturated rings. The molecule has 1 amide bonds. The molecule has 6 nitrogen and oxygen atoms in total. The SMILES string of the molecule is O=C(O)CN1C(=O)/C(=C\c2c[nH]nc2-c2ccc(C(F)(F)F)cc2)SC1=S. The molecule has 27 heavy (non-hydrogen) atoms. The number of benzene rings is 1. The van der Waals surface area contributed by atoms with E-state index < -0.39 is 30.2 Å². The van der Waals surface area contributed by atoms with Crippen molar-refractivity contribution in [1.29, 1.82) is 0 Å². The summed E-state index contributed by atoms with van der Waals surface area (Å²) >= 11 is 5.96. The molecule has 0 aliphatic carbocycles. The number of hydrogen-bond acceptors (Lipinski definition) is 5. The van der Waals surface area contributed by atoms with Crippen molar-refractivity contribution in [3.63, 3.8) is 0 Å². The van der Waals surface area contributed by atoms with Gasteiger partial charge in [-0.25, -0.2) is 0 Å². The number of thiocarbonyl (C=S) groups is 1. The number of rotatable bonds is 4. The molecule has 140 valence electrons. The molecule has 3 rings (SSSR count). The smallest absolute Gasteiger partial charge is 0.416 e. The Labute approximate surface area is 160 Å². The van der Waals surface area contributed by atoms with Gasteiger partial charge in [-0.15, -0.1) is 0 Å². The first-order valence-corrected chi connectivity index (χ1v) is 8.58. The van der Waals surface area contributed by atoms with Gasteiger partial charge in [-0.1, -0.05) is 36.1 Å². The van der Waals surface area contributed by atoms with Crippen LogP contribution in [0.25, 0.3) is 17.3 Å². The van der Waals surface area contributed by atoms with Crippen LogP contribution in [0.3, 0.4) is 0 Å². The van der Waals surface area contributed by atoms with Crippen molar-refractivity contribution in [2.24, 2.45) is 0 Å². The third-order valence-electron chi connectivity index (χ3n) is 3.61. The van der Waals surface area contributed by atoms with Gasteiger partial charge in [-0.2, -0.15) is 18.3 Å². The monoisotopic (exact) mass is 413 g/mol. The van der Waals surface area contributed by atoms with E-state index in [1.807, 2.05) is 0 Å². The van der Waals surface area contributed by atoms with Gasteiger partial charge in [0.25, 0.3) is 5.91 Å². The quantitative estimate of drug-likeness (QED) is 0.590.